The van der Waals surface area contributed by atoms with Crippen molar-refractivity contribution in [2.24, 2.45) is 7.05 Å². The summed E-state index contributed by atoms with van der Waals surface area (Å²) in [7, 11) is 1.29. The highest BCUT2D eigenvalue weighted by atomic mass is 35.5. The fraction of sp³-hybridized carbons (Fsp3) is 0.500. The molecule has 0 radical (unpaired) electrons. The predicted octanol–water partition coefficient (Wildman–Crippen LogP) is 2.37. The fourth-order valence-corrected chi connectivity index (χ4v) is 1.88. The number of aromatic nitrogens is 4. The van der Waals surface area contributed by atoms with Gasteiger partial charge in [-0.3, -0.25) is 9.36 Å². The van der Waals surface area contributed by atoms with E-state index in [1.54, 1.807) is 10.9 Å². The molecule has 9 heteroatoms. The number of hydrogen-bond acceptors (Lipinski definition) is 3. The van der Waals surface area contributed by atoms with Crippen LogP contribution in [0.2, 0.25) is 0 Å². The lowest BCUT2D eigenvalue weighted by Gasteiger charge is -2.04. The van der Waals surface area contributed by atoms with Gasteiger partial charge in [0.1, 0.15) is 5.69 Å². The zero-order valence-corrected chi connectivity index (χ0v) is 12.5. The number of nitrogens with zero attached hydrogens (tertiary/aromatic N) is 4. The lowest BCUT2D eigenvalue weighted by Crippen LogP contribution is -2.13. The number of halogens is 4. The number of rotatable bonds is 5. The minimum atomic E-state index is -4.37. The van der Waals surface area contributed by atoms with Crippen LogP contribution in [0, 0.1) is 0 Å². The second-order valence-electron chi connectivity index (χ2n) is 4.45. The molecule has 0 atom stereocenters. The third-order valence-corrected chi connectivity index (χ3v) is 2.87. The maximum absolute atomic E-state index is 12.6. The van der Waals surface area contributed by atoms with Gasteiger partial charge in [-0.2, -0.15) is 23.4 Å². The Kier molecular flexibility index (Phi) is 5.79. The summed E-state index contributed by atoms with van der Waals surface area (Å²) in [6.45, 7) is 3.59. The van der Waals surface area contributed by atoms with Crippen LogP contribution in [0.3, 0.4) is 0 Å². The summed E-state index contributed by atoms with van der Waals surface area (Å²) in [5, 5.41) is 11.0. The zero-order chi connectivity index (χ0) is 14.8. The Bertz CT molecular complexity index is 576. The Labute approximate surface area is 126 Å². The molecule has 118 valence electrons. The molecule has 0 aliphatic rings. The third-order valence-electron chi connectivity index (χ3n) is 2.87. The molecule has 2 heterocycles. The Morgan fingerprint density at radius 2 is 2.00 bits per heavy atom. The van der Waals surface area contributed by atoms with Crippen LogP contribution >= 0.6 is 12.4 Å². The van der Waals surface area contributed by atoms with E-state index in [-0.39, 0.29) is 19.0 Å². The normalized spacial score (nSPS) is 11.5. The van der Waals surface area contributed by atoms with Crippen LogP contribution in [0.15, 0.2) is 18.5 Å². The molecule has 2 aromatic rings. The van der Waals surface area contributed by atoms with Gasteiger partial charge in [-0.05, 0) is 13.0 Å². The smallest absolute Gasteiger partial charge is 0.307 e. The lowest BCUT2D eigenvalue weighted by molar-refractivity contribution is -0.143. The zero-order valence-electron chi connectivity index (χ0n) is 11.7. The molecule has 2 aromatic heterocycles. The first-order valence-corrected chi connectivity index (χ1v) is 6.22. The second-order valence-corrected chi connectivity index (χ2v) is 4.45. The van der Waals surface area contributed by atoms with E-state index in [0.717, 1.165) is 22.9 Å². The maximum Gasteiger partial charge on any atom is 0.433 e. The number of nitrogens with one attached hydrogen (secondary N) is 1. The first-order valence-electron chi connectivity index (χ1n) is 6.22. The summed E-state index contributed by atoms with van der Waals surface area (Å²) in [5.41, 5.74) is 0.606. The molecule has 0 unspecified atom stereocenters. The minimum Gasteiger partial charge on any atom is -0.307 e. The Hall–Kier alpha value is -1.54. The van der Waals surface area contributed by atoms with E-state index in [2.05, 4.69) is 15.5 Å². The van der Waals surface area contributed by atoms with E-state index in [9.17, 15) is 13.2 Å². The highest BCUT2D eigenvalue weighted by Crippen LogP contribution is 2.29. The van der Waals surface area contributed by atoms with E-state index in [0.29, 0.717) is 12.2 Å². The number of aryl methyl sites for hydroxylation is 2. The van der Waals surface area contributed by atoms with E-state index in [1.165, 1.54) is 7.05 Å². The van der Waals surface area contributed by atoms with Crippen molar-refractivity contribution in [2.45, 2.75) is 32.7 Å². The Morgan fingerprint density at radius 1 is 1.29 bits per heavy atom. The molecule has 0 bridgehead atoms. The first-order chi connectivity index (χ1) is 9.40. The van der Waals surface area contributed by atoms with Crippen molar-refractivity contribution >= 4 is 12.4 Å². The van der Waals surface area contributed by atoms with Crippen molar-refractivity contribution in [2.75, 3.05) is 0 Å². The SMILES string of the molecule is CCn1cc(CNCc2cc(C(F)(F)F)n(C)n2)cn1.Cl. The summed E-state index contributed by atoms with van der Waals surface area (Å²) in [4.78, 5) is 0. The molecule has 0 fully saturated rings. The molecular weight excluding hydrogens is 307 g/mol. The van der Waals surface area contributed by atoms with Gasteiger partial charge in [-0.15, -0.1) is 12.4 Å². The van der Waals surface area contributed by atoms with Crippen molar-refractivity contribution in [3.8, 4) is 0 Å². The molecule has 0 aliphatic carbocycles. The number of alkyl halides is 3. The molecule has 0 saturated carbocycles. The van der Waals surface area contributed by atoms with Gasteiger partial charge in [-0.1, -0.05) is 0 Å². The van der Waals surface area contributed by atoms with Crippen LogP contribution in [0.1, 0.15) is 23.9 Å². The van der Waals surface area contributed by atoms with Gasteiger partial charge in [0, 0.05) is 38.4 Å². The van der Waals surface area contributed by atoms with E-state index in [1.807, 2.05) is 13.1 Å². The second kappa shape index (κ2) is 6.95. The highest BCUT2D eigenvalue weighted by Gasteiger charge is 2.34. The monoisotopic (exact) mass is 323 g/mol. The molecule has 0 amide bonds. The summed E-state index contributed by atoms with van der Waals surface area (Å²) in [5.74, 6) is 0. The van der Waals surface area contributed by atoms with Gasteiger partial charge in [0.2, 0.25) is 0 Å². The van der Waals surface area contributed by atoms with Crippen molar-refractivity contribution in [3.05, 3.63) is 35.4 Å². The standard InChI is InChI=1S/C12H16F3N5.ClH/c1-3-20-8-9(6-17-20)5-16-7-10-4-11(12(13,14)15)19(2)18-10;/h4,6,8,16H,3,5,7H2,1-2H3;1H. The van der Waals surface area contributed by atoms with Crippen molar-refractivity contribution < 1.29 is 13.2 Å². The van der Waals surface area contributed by atoms with Gasteiger partial charge in [0.05, 0.1) is 11.9 Å². The molecule has 0 aromatic carbocycles. The van der Waals surface area contributed by atoms with Gasteiger partial charge >= 0.3 is 6.18 Å². The van der Waals surface area contributed by atoms with E-state index < -0.39 is 11.9 Å². The van der Waals surface area contributed by atoms with E-state index in [4.69, 9.17) is 0 Å². The first kappa shape index (κ1) is 17.5. The van der Waals surface area contributed by atoms with Gasteiger partial charge < -0.3 is 5.32 Å². The largest absolute Gasteiger partial charge is 0.433 e. The van der Waals surface area contributed by atoms with Gasteiger partial charge in [-0.25, -0.2) is 0 Å². The Balaban J connectivity index is 0.00000220. The molecule has 1 N–H and O–H groups in total. The van der Waals surface area contributed by atoms with Crippen LogP contribution in [0.5, 0.6) is 0 Å². The van der Waals surface area contributed by atoms with Crippen LogP contribution in [-0.4, -0.2) is 19.6 Å². The molecule has 0 aliphatic heterocycles. The maximum atomic E-state index is 12.6. The molecular formula is C12H17ClF3N5. The topological polar surface area (TPSA) is 47.7 Å². The predicted molar refractivity (Wildman–Crippen MR) is 73.9 cm³/mol. The molecule has 0 spiro atoms. The molecule has 5 nitrogen and oxygen atoms in total. The quantitative estimate of drug-likeness (QED) is 0.919. The van der Waals surface area contributed by atoms with Crippen molar-refractivity contribution in [3.63, 3.8) is 0 Å². The van der Waals surface area contributed by atoms with Crippen LogP contribution in [-0.2, 0) is 32.9 Å². The summed E-state index contributed by atoms with van der Waals surface area (Å²) in [6, 6.07) is 1.06. The van der Waals surface area contributed by atoms with E-state index >= 15 is 0 Å². The van der Waals surface area contributed by atoms with Crippen molar-refractivity contribution in [1.82, 2.24) is 24.9 Å². The average molecular weight is 324 g/mol. The third kappa shape index (κ3) is 4.47. The summed E-state index contributed by atoms with van der Waals surface area (Å²) >= 11 is 0. The highest BCUT2D eigenvalue weighted by molar-refractivity contribution is 5.85. The van der Waals surface area contributed by atoms with Crippen molar-refractivity contribution in [1.29, 1.82) is 0 Å². The fourth-order valence-electron chi connectivity index (χ4n) is 1.88. The molecule has 0 saturated heterocycles. The number of hydrogen-bond donors (Lipinski definition) is 1. The minimum absolute atomic E-state index is 0. The Morgan fingerprint density at radius 3 is 2.52 bits per heavy atom. The van der Waals surface area contributed by atoms with Crippen LogP contribution in [0.25, 0.3) is 0 Å². The molecule has 21 heavy (non-hydrogen) atoms. The lowest BCUT2D eigenvalue weighted by atomic mass is 10.3. The van der Waals surface area contributed by atoms with Gasteiger partial charge in [0.25, 0.3) is 0 Å². The van der Waals surface area contributed by atoms with Crippen LogP contribution < -0.4 is 5.32 Å². The summed E-state index contributed by atoms with van der Waals surface area (Å²) < 4.78 is 40.4. The molecule has 2 rings (SSSR count). The summed E-state index contributed by atoms with van der Waals surface area (Å²) in [6.07, 6.45) is -0.745. The average Bonchev–Trinajstić information content (AvgIpc) is 2.95. The van der Waals surface area contributed by atoms with Gasteiger partial charge in [0.15, 0.2) is 0 Å². The van der Waals surface area contributed by atoms with Crippen LogP contribution in [0.4, 0.5) is 13.2 Å².